The lowest BCUT2D eigenvalue weighted by molar-refractivity contribution is 1.18. The maximum absolute atomic E-state index is 2.41. The smallest absolute Gasteiger partial charge is 0.0542 e. The zero-order chi connectivity index (χ0) is 45.0. The standard InChI is InChI=1S/C66H44N2/c1-5-19-47(20-6-1)65-57-29-15-16-30-58(57)66(48-21-7-2-8-22-48)62-42-49(34-39-59(62)65)45-32-36-53(37-33-45)67(51-24-9-3-10-25-51)54-38-41-64-61(44-54)60-43-50(56-31-17-23-46-18-13-14-28-55(46)56)35-40-63(60)68(64)52-26-11-4-12-27-52/h1-44H. The largest absolute Gasteiger partial charge is 0.310 e. The third-order valence-corrected chi connectivity index (χ3v) is 13.7. The lowest BCUT2D eigenvalue weighted by atomic mass is 9.85. The molecule has 0 atom stereocenters. The van der Waals surface area contributed by atoms with Gasteiger partial charge in [0.2, 0.25) is 0 Å². The molecule has 1 aromatic heterocycles. The molecule has 0 saturated carbocycles. The van der Waals surface area contributed by atoms with E-state index in [0.29, 0.717) is 0 Å². The van der Waals surface area contributed by atoms with Gasteiger partial charge in [-0.1, -0.05) is 194 Å². The summed E-state index contributed by atoms with van der Waals surface area (Å²) < 4.78 is 2.40. The molecule has 0 saturated heterocycles. The van der Waals surface area contributed by atoms with Crippen LogP contribution in [0.3, 0.4) is 0 Å². The molecule has 0 aliphatic rings. The van der Waals surface area contributed by atoms with Crippen molar-refractivity contribution in [3.63, 3.8) is 0 Å². The van der Waals surface area contributed by atoms with Gasteiger partial charge in [0.1, 0.15) is 0 Å². The highest BCUT2D eigenvalue weighted by Gasteiger charge is 2.20. The Morgan fingerprint density at radius 3 is 1.41 bits per heavy atom. The second-order valence-electron chi connectivity index (χ2n) is 17.6. The summed E-state index contributed by atoms with van der Waals surface area (Å²) in [5.74, 6) is 0. The monoisotopic (exact) mass is 864 g/mol. The lowest BCUT2D eigenvalue weighted by Gasteiger charge is -2.26. The number of rotatable bonds is 8. The molecule has 0 aliphatic carbocycles. The topological polar surface area (TPSA) is 8.17 Å². The van der Waals surface area contributed by atoms with Crippen LogP contribution < -0.4 is 4.90 Å². The number of nitrogens with zero attached hydrogens (tertiary/aromatic N) is 2. The molecule has 13 rings (SSSR count). The minimum Gasteiger partial charge on any atom is -0.310 e. The van der Waals surface area contributed by atoms with Gasteiger partial charge in [0.25, 0.3) is 0 Å². The molecule has 0 fully saturated rings. The molecule has 2 heteroatoms. The Bertz CT molecular complexity index is 3980. The van der Waals surface area contributed by atoms with E-state index in [9.17, 15) is 0 Å². The molecule has 68 heavy (non-hydrogen) atoms. The van der Waals surface area contributed by atoms with E-state index in [1.54, 1.807) is 0 Å². The van der Waals surface area contributed by atoms with E-state index in [1.807, 2.05) is 0 Å². The molecule has 1 heterocycles. The highest BCUT2D eigenvalue weighted by Crippen LogP contribution is 2.46. The summed E-state index contributed by atoms with van der Waals surface area (Å²) in [4.78, 5) is 2.38. The molecule has 0 spiro atoms. The third kappa shape index (κ3) is 6.65. The second kappa shape index (κ2) is 16.5. The molecule has 318 valence electrons. The van der Waals surface area contributed by atoms with E-state index < -0.39 is 0 Å². The van der Waals surface area contributed by atoms with Crippen LogP contribution in [-0.2, 0) is 0 Å². The van der Waals surface area contributed by atoms with E-state index in [4.69, 9.17) is 0 Å². The van der Waals surface area contributed by atoms with Crippen molar-refractivity contribution in [2.75, 3.05) is 4.90 Å². The zero-order valence-corrected chi connectivity index (χ0v) is 37.3. The van der Waals surface area contributed by atoms with Crippen molar-refractivity contribution >= 4 is 71.2 Å². The van der Waals surface area contributed by atoms with E-state index >= 15 is 0 Å². The van der Waals surface area contributed by atoms with Crippen LogP contribution >= 0.6 is 0 Å². The van der Waals surface area contributed by atoms with Gasteiger partial charge in [-0.2, -0.15) is 0 Å². The van der Waals surface area contributed by atoms with Crippen molar-refractivity contribution in [2.24, 2.45) is 0 Å². The number of hydrogen-bond donors (Lipinski definition) is 0. The van der Waals surface area contributed by atoms with Crippen LogP contribution in [0.15, 0.2) is 267 Å². The Morgan fingerprint density at radius 1 is 0.250 bits per heavy atom. The summed E-state index contributed by atoms with van der Waals surface area (Å²) in [6, 6.07) is 97.4. The van der Waals surface area contributed by atoms with Crippen molar-refractivity contribution in [3.05, 3.63) is 267 Å². The zero-order valence-electron chi connectivity index (χ0n) is 37.3. The van der Waals surface area contributed by atoms with Crippen LogP contribution in [-0.4, -0.2) is 4.57 Å². The molecule has 0 bridgehead atoms. The quantitative estimate of drug-likeness (QED) is 0.138. The summed E-state index contributed by atoms with van der Waals surface area (Å²) in [5, 5.41) is 9.92. The molecule has 0 amide bonds. The molecule has 13 aromatic rings. The molecule has 12 aromatic carbocycles. The highest BCUT2D eigenvalue weighted by atomic mass is 15.1. The van der Waals surface area contributed by atoms with Gasteiger partial charge in [-0.05, 0) is 150 Å². The lowest BCUT2D eigenvalue weighted by Crippen LogP contribution is -2.09. The maximum Gasteiger partial charge on any atom is 0.0542 e. The first-order valence-corrected chi connectivity index (χ1v) is 23.4. The summed E-state index contributed by atoms with van der Waals surface area (Å²) >= 11 is 0. The Kier molecular flexibility index (Phi) is 9.54. The minimum absolute atomic E-state index is 1.09. The van der Waals surface area contributed by atoms with Crippen LogP contribution in [0.2, 0.25) is 0 Å². The average Bonchev–Trinajstić information content (AvgIpc) is 3.74. The number of benzene rings is 12. The van der Waals surface area contributed by atoms with Crippen molar-refractivity contribution in [3.8, 4) is 50.2 Å². The van der Waals surface area contributed by atoms with E-state index in [2.05, 4.69) is 276 Å². The first-order valence-electron chi connectivity index (χ1n) is 23.4. The highest BCUT2D eigenvalue weighted by molar-refractivity contribution is 6.22. The van der Waals surface area contributed by atoms with Crippen molar-refractivity contribution < 1.29 is 0 Å². The van der Waals surface area contributed by atoms with Gasteiger partial charge in [-0.3, -0.25) is 0 Å². The number of aromatic nitrogens is 1. The van der Waals surface area contributed by atoms with E-state index in [0.717, 1.165) is 22.7 Å². The Labute approximate surface area is 395 Å². The van der Waals surface area contributed by atoms with Crippen molar-refractivity contribution in [2.45, 2.75) is 0 Å². The fourth-order valence-corrected chi connectivity index (χ4v) is 10.7. The summed E-state index contributed by atoms with van der Waals surface area (Å²) in [6.07, 6.45) is 0. The van der Waals surface area contributed by atoms with E-state index in [-0.39, 0.29) is 0 Å². The van der Waals surface area contributed by atoms with Crippen LogP contribution in [0.4, 0.5) is 17.1 Å². The number of fused-ring (bicyclic) bond motifs is 6. The first kappa shape index (κ1) is 39.4. The number of anilines is 3. The molecular weight excluding hydrogens is 821 g/mol. The predicted octanol–water partition coefficient (Wildman–Crippen LogP) is 18.4. The van der Waals surface area contributed by atoms with Gasteiger partial charge in [-0.15, -0.1) is 0 Å². The van der Waals surface area contributed by atoms with Gasteiger partial charge >= 0.3 is 0 Å². The summed E-state index contributed by atoms with van der Waals surface area (Å²) in [7, 11) is 0. The fourth-order valence-electron chi connectivity index (χ4n) is 10.7. The van der Waals surface area contributed by atoms with Crippen LogP contribution in [0.5, 0.6) is 0 Å². The second-order valence-corrected chi connectivity index (χ2v) is 17.6. The summed E-state index contributed by atoms with van der Waals surface area (Å²) in [5.41, 5.74) is 16.5. The van der Waals surface area contributed by atoms with Crippen molar-refractivity contribution in [1.82, 2.24) is 4.57 Å². The SMILES string of the molecule is c1ccc(-c2c3ccccc3c(-c3ccccc3)c3cc(-c4ccc(N(c5ccccc5)c5ccc6c(c5)c5cc(-c7cccc8ccccc78)ccc5n6-c5ccccc5)cc4)ccc23)cc1. The van der Waals surface area contributed by atoms with Crippen LogP contribution in [0.25, 0.3) is 104 Å². The maximum atomic E-state index is 2.41. The molecule has 0 unspecified atom stereocenters. The fraction of sp³-hybridized carbons (Fsp3) is 0. The summed E-state index contributed by atoms with van der Waals surface area (Å²) in [6.45, 7) is 0. The molecule has 0 radical (unpaired) electrons. The number of hydrogen-bond acceptors (Lipinski definition) is 1. The normalized spacial score (nSPS) is 11.5. The van der Waals surface area contributed by atoms with E-state index in [1.165, 1.54) is 98.6 Å². The Morgan fingerprint density at radius 2 is 0.721 bits per heavy atom. The first-order chi connectivity index (χ1) is 33.7. The number of para-hydroxylation sites is 2. The Balaban J connectivity index is 0.964. The van der Waals surface area contributed by atoms with Gasteiger partial charge in [0, 0.05) is 33.5 Å². The van der Waals surface area contributed by atoms with Crippen molar-refractivity contribution in [1.29, 1.82) is 0 Å². The molecule has 0 N–H and O–H groups in total. The third-order valence-electron chi connectivity index (χ3n) is 13.7. The van der Waals surface area contributed by atoms with Crippen LogP contribution in [0, 0.1) is 0 Å². The Hall–Kier alpha value is -8.98. The molecule has 2 nitrogen and oxygen atoms in total. The minimum atomic E-state index is 1.09. The average molecular weight is 865 g/mol. The van der Waals surface area contributed by atoms with Gasteiger partial charge in [0.05, 0.1) is 11.0 Å². The van der Waals surface area contributed by atoms with Crippen LogP contribution in [0.1, 0.15) is 0 Å². The van der Waals surface area contributed by atoms with Gasteiger partial charge < -0.3 is 9.47 Å². The molecular formula is C66H44N2. The van der Waals surface area contributed by atoms with Gasteiger partial charge in [-0.25, -0.2) is 0 Å². The van der Waals surface area contributed by atoms with Gasteiger partial charge in [0.15, 0.2) is 0 Å². The molecule has 0 aliphatic heterocycles. The predicted molar refractivity (Wildman–Crippen MR) is 290 cm³/mol.